The standard InChI is InChI=1S/C10H9N3O2/c14-10(9-6-13-15-7-9)12-5-8-2-1-3-11-4-8/h1-4,6-7H,5H2,(H,12,14). The Balaban J connectivity index is 1.92. The molecule has 5 heteroatoms. The zero-order valence-corrected chi connectivity index (χ0v) is 7.88. The summed E-state index contributed by atoms with van der Waals surface area (Å²) in [6.07, 6.45) is 6.07. The summed E-state index contributed by atoms with van der Waals surface area (Å²) in [7, 11) is 0. The summed E-state index contributed by atoms with van der Waals surface area (Å²) in [5, 5.41) is 6.17. The Morgan fingerprint density at radius 1 is 1.47 bits per heavy atom. The van der Waals surface area contributed by atoms with E-state index in [-0.39, 0.29) is 5.91 Å². The van der Waals surface area contributed by atoms with Crippen molar-refractivity contribution in [2.75, 3.05) is 0 Å². The van der Waals surface area contributed by atoms with E-state index in [1.54, 1.807) is 12.4 Å². The SMILES string of the molecule is O=C(NCc1cccnc1)c1cnoc1. The third-order valence-corrected chi connectivity index (χ3v) is 1.87. The van der Waals surface area contributed by atoms with Crippen LogP contribution < -0.4 is 5.32 Å². The minimum absolute atomic E-state index is 0.208. The first-order valence-electron chi connectivity index (χ1n) is 4.43. The smallest absolute Gasteiger partial charge is 0.256 e. The molecule has 2 heterocycles. The van der Waals surface area contributed by atoms with Crippen LogP contribution in [0.4, 0.5) is 0 Å². The second-order valence-electron chi connectivity index (χ2n) is 2.96. The molecule has 0 unspecified atom stereocenters. The van der Waals surface area contributed by atoms with Gasteiger partial charge in [0.05, 0.1) is 11.8 Å². The lowest BCUT2D eigenvalue weighted by atomic mass is 10.2. The third-order valence-electron chi connectivity index (χ3n) is 1.87. The summed E-state index contributed by atoms with van der Waals surface area (Å²) in [6, 6.07) is 3.71. The van der Waals surface area contributed by atoms with Crippen LogP contribution in [0.15, 0.2) is 41.5 Å². The molecule has 76 valence electrons. The Bertz CT molecular complexity index is 425. The largest absolute Gasteiger partial charge is 0.364 e. The average Bonchev–Trinajstić information content (AvgIpc) is 2.81. The number of nitrogens with zero attached hydrogens (tertiary/aromatic N) is 2. The zero-order valence-electron chi connectivity index (χ0n) is 7.88. The van der Waals surface area contributed by atoms with Gasteiger partial charge in [-0.25, -0.2) is 0 Å². The van der Waals surface area contributed by atoms with Crippen LogP contribution in [-0.2, 0) is 6.54 Å². The molecular weight excluding hydrogens is 194 g/mol. The van der Waals surface area contributed by atoms with Gasteiger partial charge in [-0.05, 0) is 11.6 Å². The fourth-order valence-corrected chi connectivity index (χ4v) is 1.10. The van der Waals surface area contributed by atoms with Crippen LogP contribution in [0.3, 0.4) is 0 Å². The summed E-state index contributed by atoms with van der Waals surface area (Å²) in [4.78, 5) is 15.4. The predicted molar refractivity (Wildman–Crippen MR) is 51.9 cm³/mol. The van der Waals surface area contributed by atoms with Gasteiger partial charge in [0.25, 0.3) is 5.91 Å². The normalized spacial score (nSPS) is 9.87. The molecule has 0 aliphatic heterocycles. The van der Waals surface area contributed by atoms with E-state index in [4.69, 9.17) is 0 Å². The summed E-state index contributed by atoms with van der Waals surface area (Å²) < 4.78 is 4.56. The summed E-state index contributed by atoms with van der Waals surface area (Å²) in [5.74, 6) is -0.208. The maximum atomic E-state index is 11.4. The first-order valence-corrected chi connectivity index (χ1v) is 4.43. The van der Waals surface area contributed by atoms with Crippen LogP contribution in [0.25, 0.3) is 0 Å². The summed E-state index contributed by atoms with van der Waals surface area (Å²) in [6.45, 7) is 0.442. The first-order chi connectivity index (χ1) is 7.36. The summed E-state index contributed by atoms with van der Waals surface area (Å²) >= 11 is 0. The van der Waals surface area contributed by atoms with E-state index in [1.807, 2.05) is 12.1 Å². The molecule has 2 aromatic heterocycles. The number of aromatic nitrogens is 2. The average molecular weight is 203 g/mol. The van der Waals surface area contributed by atoms with Crippen LogP contribution in [0, 0.1) is 0 Å². The van der Waals surface area contributed by atoms with Gasteiger partial charge in [-0.15, -0.1) is 0 Å². The van der Waals surface area contributed by atoms with Gasteiger partial charge in [0, 0.05) is 18.9 Å². The topological polar surface area (TPSA) is 68.0 Å². The molecule has 0 saturated carbocycles. The van der Waals surface area contributed by atoms with E-state index < -0.39 is 0 Å². The molecule has 0 bridgehead atoms. The highest BCUT2D eigenvalue weighted by atomic mass is 16.5. The van der Waals surface area contributed by atoms with Crippen LogP contribution >= 0.6 is 0 Å². The van der Waals surface area contributed by atoms with Gasteiger partial charge < -0.3 is 9.84 Å². The molecule has 0 atom stereocenters. The highest BCUT2D eigenvalue weighted by Crippen LogP contribution is 1.98. The molecule has 2 aromatic rings. The van der Waals surface area contributed by atoms with Crippen molar-refractivity contribution < 1.29 is 9.32 Å². The van der Waals surface area contributed by atoms with Crippen molar-refractivity contribution in [2.45, 2.75) is 6.54 Å². The lowest BCUT2D eigenvalue weighted by Crippen LogP contribution is -2.22. The fraction of sp³-hybridized carbons (Fsp3) is 0.100. The molecule has 0 aromatic carbocycles. The van der Waals surface area contributed by atoms with E-state index in [0.29, 0.717) is 12.1 Å². The van der Waals surface area contributed by atoms with Crippen molar-refractivity contribution in [3.05, 3.63) is 48.1 Å². The zero-order chi connectivity index (χ0) is 10.5. The second-order valence-corrected chi connectivity index (χ2v) is 2.96. The number of carbonyl (C=O) groups is 1. The Morgan fingerprint density at radius 3 is 3.07 bits per heavy atom. The van der Waals surface area contributed by atoms with Crippen LogP contribution in [0.1, 0.15) is 15.9 Å². The first kappa shape index (κ1) is 9.39. The second kappa shape index (κ2) is 4.36. The molecule has 0 saturated heterocycles. The van der Waals surface area contributed by atoms with Gasteiger partial charge in [0.1, 0.15) is 6.26 Å². The van der Waals surface area contributed by atoms with Crippen molar-refractivity contribution in [2.24, 2.45) is 0 Å². The van der Waals surface area contributed by atoms with Crippen molar-refractivity contribution >= 4 is 5.91 Å². The van der Waals surface area contributed by atoms with Gasteiger partial charge in [-0.1, -0.05) is 11.2 Å². The minimum atomic E-state index is -0.208. The predicted octanol–water partition coefficient (Wildman–Crippen LogP) is 1.000. The maximum absolute atomic E-state index is 11.4. The lowest BCUT2D eigenvalue weighted by Gasteiger charge is -2.01. The van der Waals surface area contributed by atoms with Crippen molar-refractivity contribution in [3.63, 3.8) is 0 Å². The molecule has 1 amide bonds. The molecule has 0 fully saturated rings. The molecule has 1 N–H and O–H groups in total. The number of pyridine rings is 1. The van der Waals surface area contributed by atoms with Crippen molar-refractivity contribution in [3.8, 4) is 0 Å². The summed E-state index contributed by atoms with van der Waals surface area (Å²) in [5.41, 5.74) is 1.36. The Kier molecular flexibility index (Phi) is 2.73. The van der Waals surface area contributed by atoms with Crippen molar-refractivity contribution in [1.82, 2.24) is 15.5 Å². The maximum Gasteiger partial charge on any atom is 0.256 e. The Morgan fingerprint density at radius 2 is 2.40 bits per heavy atom. The van der Waals surface area contributed by atoms with Gasteiger partial charge in [-0.3, -0.25) is 9.78 Å². The lowest BCUT2D eigenvalue weighted by molar-refractivity contribution is 0.0950. The van der Waals surface area contributed by atoms with E-state index in [2.05, 4.69) is 20.0 Å². The van der Waals surface area contributed by atoms with Crippen LogP contribution in [-0.4, -0.2) is 16.0 Å². The molecule has 0 radical (unpaired) electrons. The van der Waals surface area contributed by atoms with E-state index in [0.717, 1.165) is 5.56 Å². The molecule has 2 rings (SSSR count). The van der Waals surface area contributed by atoms with Crippen LogP contribution in [0.2, 0.25) is 0 Å². The number of rotatable bonds is 3. The van der Waals surface area contributed by atoms with E-state index in [1.165, 1.54) is 12.5 Å². The molecule has 0 aliphatic rings. The Hall–Kier alpha value is -2.17. The molecule has 15 heavy (non-hydrogen) atoms. The van der Waals surface area contributed by atoms with Gasteiger partial charge in [-0.2, -0.15) is 0 Å². The third kappa shape index (κ3) is 2.40. The Labute approximate surface area is 86.1 Å². The van der Waals surface area contributed by atoms with Gasteiger partial charge in [0.2, 0.25) is 0 Å². The number of hydrogen-bond donors (Lipinski definition) is 1. The molecule has 0 spiro atoms. The molecular formula is C10H9N3O2. The highest BCUT2D eigenvalue weighted by molar-refractivity contribution is 5.93. The fourth-order valence-electron chi connectivity index (χ4n) is 1.10. The number of amides is 1. The minimum Gasteiger partial charge on any atom is -0.364 e. The highest BCUT2D eigenvalue weighted by Gasteiger charge is 2.06. The van der Waals surface area contributed by atoms with Gasteiger partial charge in [0.15, 0.2) is 0 Å². The number of carbonyl (C=O) groups excluding carboxylic acids is 1. The number of hydrogen-bond acceptors (Lipinski definition) is 4. The van der Waals surface area contributed by atoms with E-state index >= 15 is 0 Å². The monoisotopic (exact) mass is 203 g/mol. The molecule has 5 nitrogen and oxygen atoms in total. The number of nitrogens with one attached hydrogen (secondary N) is 1. The quantitative estimate of drug-likeness (QED) is 0.808. The molecule has 0 aliphatic carbocycles. The van der Waals surface area contributed by atoms with E-state index in [9.17, 15) is 4.79 Å². The van der Waals surface area contributed by atoms with Crippen LogP contribution in [0.5, 0.6) is 0 Å². The van der Waals surface area contributed by atoms with Crippen molar-refractivity contribution in [1.29, 1.82) is 0 Å². The van der Waals surface area contributed by atoms with Gasteiger partial charge >= 0.3 is 0 Å².